The van der Waals surface area contributed by atoms with E-state index in [1.54, 1.807) is 30.3 Å². The minimum Gasteiger partial charge on any atom is -0.268 e. The lowest BCUT2D eigenvalue weighted by atomic mass is 10.1. The molecule has 110 valence electrons. The highest BCUT2D eigenvalue weighted by Gasteiger charge is 2.36. The number of hydrogen-bond acceptors (Lipinski definition) is 3. The third-order valence-corrected chi connectivity index (χ3v) is 4.30. The zero-order valence-electron chi connectivity index (χ0n) is 11.7. The normalized spacial score (nSPS) is 16.6. The highest BCUT2D eigenvalue weighted by molar-refractivity contribution is 8.19. The third-order valence-electron chi connectivity index (χ3n) is 3.20. The fraction of sp³-hybridized carbons (Fsp3) is 0.0588. The molecule has 0 saturated carbocycles. The highest BCUT2D eigenvalue weighted by atomic mass is 35.5. The summed E-state index contributed by atoms with van der Waals surface area (Å²) in [6.07, 6.45) is 1.74. The lowest BCUT2D eigenvalue weighted by Gasteiger charge is -2.12. The van der Waals surface area contributed by atoms with E-state index in [0.717, 1.165) is 27.8 Å². The lowest BCUT2D eigenvalue weighted by molar-refractivity contribution is -0.113. The van der Waals surface area contributed by atoms with Gasteiger partial charge in [0.05, 0.1) is 10.6 Å². The molecule has 1 fully saturated rings. The van der Waals surface area contributed by atoms with Crippen LogP contribution in [0.2, 0.25) is 5.02 Å². The minimum absolute atomic E-state index is 0.314. The molecule has 0 N–H and O–H groups in total. The second kappa shape index (κ2) is 5.99. The van der Waals surface area contributed by atoms with E-state index >= 15 is 0 Å². The number of aryl methyl sites for hydroxylation is 1. The Balaban J connectivity index is 1.95. The van der Waals surface area contributed by atoms with Gasteiger partial charge in [-0.25, -0.2) is 4.90 Å². The molecule has 1 heterocycles. The van der Waals surface area contributed by atoms with Crippen LogP contribution >= 0.6 is 23.4 Å². The van der Waals surface area contributed by atoms with Crippen molar-refractivity contribution in [1.29, 1.82) is 0 Å². The molecule has 1 aliphatic rings. The van der Waals surface area contributed by atoms with Crippen LogP contribution in [0.25, 0.3) is 6.08 Å². The zero-order chi connectivity index (χ0) is 15.7. The molecule has 5 heteroatoms. The number of hydrogen-bond donors (Lipinski definition) is 0. The van der Waals surface area contributed by atoms with Crippen LogP contribution in [0.4, 0.5) is 10.5 Å². The summed E-state index contributed by atoms with van der Waals surface area (Å²) < 4.78 is 0. The molecule has 3 nitrogen and oxygen atoms in total. The first-order valence-electron chi connectivity index (χ1n) is 6.65. The Morgan fingerprint density at radius 2 is 1.86 bits per heavy atom. The number of thioether (sulfide) groups is 1. The maximum absolute atomic E-state index is 12.5. The Hall–Kier alpha value is -2.04. The molecule has 0 unspecified atom stereocenters. The number of rotatable bonds is 2. The molecule has 0 radical (unpaired) electrons. The van der Waals surface area contributed by atoms with Gasteiger partial charge >= 0.3 is 0 Å². The quantitative estimate of drug-likeness (QED) is 0.736. The summed E-state index contributed by atoms with van der Waals surface area (Å²) in [5.41, 5.74) is 2.49. The number of benzene rings is 2. The van der Waals surface area contributed by atoms with Gasteiger partial charge in [-0.2, -0.15) is 0 Å². The third kappa shape index (κ3) is 2.93. The van der Waals surface area contributed by atoms with Gasteiger partial charge in [0.25, 0.3) is 11.1 Å². The molecule has 3 rings (SSSR count). The van der Waals surface area contributed by atoms with Gasteiger partial charge in [0.1, 0.15) is 0 Å². The fourth-order valence-electron chi connectivity index (χ4n) is 2.22. The van der Waals surface area contributed by atoms with Gasteiger partial charge in [0.15, 0.2) is 0 Å². The van der Waals surface area contributed by atoms with E-state index in [-0.39, 0.29) is 11.1 Å². The number of nitrogens with zero attached hydrogens (tertiary/aromatic N) is 1. The lowest BCUT2D eigenvalue weighted by Crippen LogP contribution is -2.27. The average Bonchev–Trinajstić information content (AvgIpc) is 2.73. The highest BCUT2D eigenvalue weighted by Crippen LogP contribution is 2.36. The van der Waals surface area contributed by atoms with E-state index in [1.165, 1.54) is 0 Å². The Kier molecular flexibility index (Phi) is 4.05. The Morgan fingerprint density at radius 3 is 2.59 bits per heavy atom. The number of carbonyl (C=O) groups excluding carboxylic acids is 2. The summed E-state index contributed by atoms with van der Waals surface area (Å²) in [6, 6.07) is 14.5. The van der Waals surface area contributed by atoms with Gasteiger partial charge in [0.2, 0.25) is 0 Å². The zero-order valence-corrected chi connectivity index (χ0v) is 13.3. The van der Waals surface area contributed by atoms with Crippen LogP contribution in [0.15, 0.2) is 53.4 Å². The van der Waals surface area contributed by atoms with Crippen LogP contribution < -0.4 is 4.90 Å². The molecule has 1 saturated heterocycles. The molecule has 0 bridgehead atoms. The van der Waals surface area contributed by atoms with Gasteiger partial charge in [0, 0.05) is 5.02 Å². The molecular weight excluding hydrogens is 318 g/mol. The van der Waals surface area contributed by atoms with Crippen molar-refractivity contribution in [3.05, 3.63) is 69.6 Å². The van der Waals surface area contributed by atoms with Gasteiger partial charge in [-0.1, -0.05) is 47.5 Å². The standard InChI is InChI=1S/C17H12ClNO2S/c1-11-4-2-5-12(8-11)9-15-16(20)19(17(21)22-15)14-7-3-6-13(18)10-14/h2-10H,1H3/b15-9+. The van der Waals surface area contributed by atoms with Crippen LogP contribution in [0, 0.1) is 6.92 Å². The topological polar surface area (TPSA) is 37.4 Å². The van der Waals surface area contributed by atoms with E-state index in [1.807, 2.05) is 31.2 Å². The molecule has 0 aromatic heterocycles. The SMILES string of the molecule is Cc1cccc(/C=C2/SC(=O)N(c3cccc(Cl)c3)C2=O)c1. The molecule has 0 aliphatic carbocycles. The number of amides is 2. The predicted octanol–water partition coefficient (Wildman–Crippen LogP) is 4.89. The largest absolute Gasteiger partial charge is 0.298 e. The second-order valence-corrected chi connectivity index (χ2v) is 6.34. The van der Waals surface area contributed by atoms with E-state index < -0.39 is 0 Å². The summed E-state index contributed by atoms with van der Waals surface area (Å²) in [6.45, 7) is 1.98. The summed E-state index contributed by atoms with van der Waals surface area (Å²) in [5.74, 6) is -0.321. The first kappa shape index (κ1) is 14.9. The van der Waals surface area contributed by atoms with Gasteiger partial charge in [-0.05, 0) is 48.5 Å². The maximum Gasteiger partial charge on any atom is 0.298 e. The van der Waals surface area contributed by atoms with Crippen molar-refractivity contribution in [2.75, 3.05) is 4.90 Å². The van der Waals surface area contributed by atoms with E-state index in [0.29, 0.717) is 15.6 Å². The molecule has 1 aliphatic heterocycles. The van der Waals surface area contributed by atoms with Crippen molar-refractivity contribution in [3.63, 3.8) is 0 Å². The maximum atomic E-state index is 12.5. The van der Waals surface area contributed by atoms with Crippen LogP contribution in [0.1, 0.15) is 11.1 Å². The van der Waals surface area contributed by atoms with Crippen molar-refractivity contribution in [3.8, 4) is 0 Å². The van der Waals surface area contributed by atoms with Crippen LogP contribution in [-0.2, 0) is 4.79 Å². The first-order chi connectivity index (χ1) is 10.5. The number of anilines is 1. The van der Waals surface area contributed by atoms with Crippen molar-refractivity contribution in [2.45, 2.75) is 6.92 Å². The van der Waals surface area contributed by atoms with E-state index in [9.17, 15) is 9.59 Å². The van der Waals surface area contributed by atoms with Crippen molar-refractivity contribution in [1.82, 2.24) is 0 Å². The van der Waals surface area contributed by atoms with Crippen LogP contribution in [0.5, 0.6) is 0 Å². The van der Waals surface area contributed by atoms with Crippen molar-refractivity contribution >= 4 is 46.3 Å². The van der Waals surface area contributed by atoms with Crippen molar-refractivity contribution < 1.29 is 9.59 Å². The number of halogens is 1. The van der Waals surface area contributed by atoms with Crippen molar-refractivity contribution in [2.24, 2.45) is 0 Å². The smallest absolute Gasteiger partial charge is 0.268 e. The molecule has 2 amide bonds. The van der Waals surface area contributed by atoms with Gasteiger partial charge < -0.3 is 0 Å². The summed E-state index contributed by atoms with van der Waals surface area (Å²) in [4.78, 5) is 26.2. The predicted molar refractivity (Wildman–Crippen MR) is 91.1 cm³/mol. The monoisotopic (exact) mass is 329 g/mol. The Bertz CT molecular complexity index is 801. The van der Waals surface area contributed by atoms with E-state index in [4.69, 9.17) is 11.6 Å². The molecule has 2 aromatic carbocycles. The summed E-state index contributed by atoms with van der Waals surface area (Å²) in [7, 11) is 0. The Labute approximate surface area is 137 Å². The van der Waals surface area contributed by atoms with Crippen LogP contribution in [0.3, 0.4) is 0 Å². The number of carbonyl (C=O) groups is 2. The first-order valence-corrected chi connectivity index (χ1v) is 7.84. The molecule has 0 atom stereocenters. The Morgan fingerprint density at radius 1 is 1.09 bits per heavy atom. The minimum atomic E-state index is -0.321. The average molecular weight is 330 g/mol. The molecule has 2 aromatic rings. The van der Waals surface area contributed by atoms with Crippen LogP contribution in [-0.4, -0.2) is 11.1 Å². The second-order valence-electron chi connectivity index (χ2n) is 4.91. The van der Waals surface area contributed by atoms with Gasteiger partial charge in [-0.3, -0.25) is 9.59 Å². The summed E-state index contributed by atoms with van der Waals surface area (Å²) >= 11 is 6.87. The summed E-state index contributed by atoms with van der Waals surface area (Å²) in [5, 5.41) is 0.172. The van der Waals surface area contributed by atoms with Gasteiger partial charge in [-0.15, -0.1) is 0 Å². The molecular formula is C17H12ClNO2S. The molecule has 22 heavy (non-hydrogen) atoms. The number of imide groups is 1. The fourth-order valence-corrected chi connectivity index (χ4v) is 3.24. The molecule has 0 spiro atoms. The van der Waals surface area contributed by atoms with E-state index in [2.05, 4.69) is 0 Å².